The second kappa shape index (κ2) is 14.6. The lowest BCUT2D eigenvalue weighted by Crippen LogP contribution is -2.50. The molecule has 0 bridgehead atoms. The number of amides is 1. The first-order valence-electron chi connectivity index (χ1n) is 15.6. The summed E-state index contributed by atoms with van der Waals surface area (Å²) in [5, 5.41) is 3.83. The summed E-state index contributed by atoms with van der Waals surface area (Å²) in [6.07, 6.45) is 4.79. The molecule has 3 aromatic rings. The average Bonchev–Trinajstić information content (AvgIpc) is 3.76. The lowest BCUT2D eigenvalue weighted by atomic mass is 10.2. The number of aromatic nitrogens is 2. The molecule has 5 rings (SSSR count). The smallest absolute Gasteiger partial charge is 0.410 e. The standard InChI is InChI=1S/C34H43ClN6O5/c1-33(2,3)46-32(42)41-15-13-40(14-16-41)17-18-44-28-20-26(35)25(19-27(28)43-5)22-36-29-30(37-21-24-9-7-6-8-10-24)38-23-39-31(29)45-34(4)11-12-34/h6-10,19-20,22-23H,11-18,21H2,1-5H3,(H,37,38,39)/b36-22+. The number of halogens is 1. The van der Waals surface area contributed by atoms with Crippen molar-refractivity contribution in [3.05, 3.63) is 64.9 Å². The maximum absolute atomic E-state index is 12.4. The van der Waals surface area contributed by atoms with E-state index in [2.05, 4.69) is 27.1 Å². The van der Waals surface area contributed by atoms with Crippen LogP contribution in [0.2, 0.25) is 5.02 Å². The van der Waals surface area contributed by atoms with Gasteiger partial charge in [-0.15, -0.1) is 0 Å². The van der Waals surface area contributed by atoms with E-state index in [-0.39, 0.29) is 11.7 Å². The minimum atomic E-state index is -0.506. The molecule has 1 aromatic heterocycles. The summed E-state index contributed by atoms with van der Waals surface area (Å²) in [5.41, 5.74) is 1.49. The normalized spacial score (nSPS) is 16.3. The maximum atomic E-state index is 12.4. The van der Waals surface area contributed by atoms with Crippen molar-refractivity contribution >= 4 is 35.4 Å². The number of piperazine rings is 1. The molecule has 1 aliphatic carbocycles. The minimum Gasteiger partial charge on any atom is -0.493 e. The van der Waals surface area contributed by atoms with Gasteiger partial charge in [0, 0.05) is 57.1 Å². The topological polar surface area (TPSA) is 111 Å². The zero-order valence-corrected chi connectivity index (χ0v) is 28.0. The highest BCUT2D eigenvalue weighted by Gasteiger charge is 2.41. The first-order valence-corrected chi connectivity index (χ1v) is 16.0. The number of carbonyl (C=O) groups is 1. The molecule has 246 valence electrons. The van der Waals surface area contributed by atoms with Crippen LogP contribution in [0.15, 0.2) is 53.8 Å². The number of hydrogen-bond donors (Lipinski definition) is 1. The molecule has 0 atom stereocenters. The first-order chi connectivity index (χ1) is 22.0. The van der Waals surface area contributed by atoms with E-state index in [1.54, 1.807) is 30.4 Å². The number of anilines is 1. The van der Waals surface area contributed by atoms with Gasteiger partial charge in [0.25, 0.3) is 0 Å². The molecule has 1 saturated heterocycles. The molecule has 2 aromatic carbocycles. The van der Waals surface area contributed by atoms with E-state index < -0.39 is 5.60 Å². The summed E-state index contributed by atoms with van der Waals surface area (Å²) >= 11 is 6.72. The number of benzene rings is 2. The van der Waals surface area contributed by atoms with Crippen molar-refractivity contribution in [1.29, 1.82) is 0 Å². The van der Waals surface area contributed by atoms with Crippen molar-refractivity contribution in [2.75, 3.05) is 51.8 Å². The van der Waals surface area contributed by atoms with E-state index in [0.717, 1.165) is 31.5 Å². The Bertz CT molecular complexity index is 1520. The van der Waals surface area contributed by atoms with Crippen molar-refractivity contribution in [2.45, 2.75) is 58.3 Å². The van der Waals surface area contributed by atoms with Crippen LogP contribution in [0.3, 0.4) is 0 Å². The Hall–Kier alpha value is -4.09. The van der Waals surface area contributed by atoms with Gasteiger partial charge in [-0.1, -0.05) is 41.9 Å². The van der Waals surface area contributed by atoms with Gasteiger partial charge < -0.3 is 29.2 Å². The minimum absolute atomic E-state index is 0.249. The molecule has 2 fully saturated rings. The fraction of sp³-hybridized carbons (Fsp3) is 0.471. The van der Waals surface area contributed by atoms with Crippen LogP contribution in [0, 0.1) is 0 Å². The van der Waals surface area contributed by atoms with Crippen LogP contribution in [-0.4, -0.2) is 89.7 Å². The Morgan fingerprint density at radius 3 is 2.50 bits per heavy atom. The Kier molecular flexibility index (Phi) is 10.5. The molecule has 0 radical (unpaired) electrons. The van der Waals surface area contributed by atoms with E-state index >= 15 is 0 Å². The second-order valence-corrected chi connectivity index (χ2v) is 13.1. The van der Waals surface area contributed by atoms with Crippen molar-refractivity contribution in [2.24, 2.45) is 4.99 Å². The fourth-order valence-electron chi connectivity index (χ4n) is 4.80. The largest absolute Gasteiger partial charge is 0.493 e. The number of hydrogen-bond acceptors (Lipinski definition) is 10. The zero-order chi connectivity index (χ0) is 32.7. The van der Waals surface area contributed by atoms with Crippen LogP contribution in [0.5, 0.6) is 17.4 Å². The molecular weight excluding hydrogens is 608 g/mol. The third kappa shape index (κ3) is 9.23. The molecule has 0 spiro atoms. The highest BCUT2D eigenvalue weighted by atomic mass is 35.5. The third-order valence-electron chi connectivity index (χ3n) is 7.69. The molecule has 1 aliphatic heterocycles. The van der Waals surface area contributed by atoms with E-state index in [9.17, 15) is 4.79 Å². The lowest BCUT2D eigenvalue weighted by molar-refractivity contribution is 0.0136. The molecule has 2 aliphatic rings. The van der Waals surface area contributed by atoms with Gasteiger partial charge >= 0.3 is 6.09 Å². The molecule has 12 heteroatoms. The van der Waals surface area contributed by atoms with Crippen LogP contribution in [0.4, 0.5) is 16.3 Å². The number of nitrogens with zero attached hydrogens (tertiary/aromatic N) is 5. The zero-order valence-electron chi connectivity index (χ0n) is 27.2. The Morgan fingerprint density at radius 2 is 1.83 bits per heavy atom. The van der Waals surface area contributed by atoms with Crippen LogP contribution in [0.25, 0.3) is 0 Å². The van der Waals surface area contributed by atoms with Gasteiger partial charge in [-0.2, -0.15) is 4.98 Å². The monoisotopic (exact) mass is 650 g/mol. The Balaban J connectivity index is 1.23. The van der Waals surface area contributed by atoms with Crippen molar-refractivity contribution in [3.8, 4) is 17.4 Å². The van der Waals surface area contributed by atoms with Crippen molar-refractivity contribution < 1.29 is 23.7 Å². The number of aliphatic imine (C=N–C) groups is 1. The predicted octanol–water partition coefficient (Wildman–Crippen LogP) is 6.36. The van der Waals surface area contributed by atoms with E-state index in [1.165, 1.54) is 6.33 Å². The molecule has 0 unspecified atom stereocenters. The molecule has 2 heterocycles. The van der Waals surface area contributed by atoms with Gasteiger partial charge in [0.1, 0.15) is 24.1 Å². The average molecular weight is 651 g/mol. The summed E-state index contributed by atoms with van der Waals surface area (Å²) in [7, 11) is 1.59. The van der Waals surface area contributed by atoms with Crippen LogP contribution in [0.1, 0.15) is 51.7 Å². The quantitative estimate of drug-likeness (QED) is 0.224. The van der Waals surface area contributed by atoms with Crippen LogP contribution < -0.4 is 19.5 Å². The van der Waals surface area contributed by atoms with Gasteiger partial charge in [-0.3, -0.25) is 4.90 Å². The van der Waals surface area contributed by atoms with Gasteiger partial charge in [0.2, 0.25) is 5.88 Å². The Morgan fingerprint density at radius 1 is 1.09 bits per heavy atom. The van der Waals surface area contributed by atoms with Gasteiger partial charge in [-0.05, 0) is 52.2 Å². The summed E-state index contributed by atoms with van der Waals surface area (Å²) < 4.78 is 23.5. The fourth-order valence-corrected chi connectivity index (χ4v) is 5.00. The van der Waals surface area contributed by atoms with Crippen molar-refractivity contribution in [1.82, 2.24) is 19.8 Å². The first kappa shape index (κ1) is 33.3. The van der Waals surface area contributed by atoms with Gasteiger partial charge in [-0.25, -0.2) is 14.8 Å². The molecule has 1 amide bonds. The molecule has 1 saturated carbocycles. The SMILES string of the molecule is COc1cc(/C=N/c2c(NCc3ccccc3)ncnc2OC2(C)CC2)c(Cl)cc1OCCN1CCN(C(=O)OC(C)(C)C)CC1. The molecular formula is C34H43ClN6O5. The summed E-state index contributed by atoms with van der Waals surface area (Å²) in [4.78, 5) is 30.0. The maximum Gasteiger partial charge on any atom is 0.410 e. The summed E-state index contributed by atoms with van der Waals surface area (Å²) in [6, 6.07) is 13.6. The second-order valence-electron chi connectivity index (χ2n) is 12.7. The van der Waals surface area contributed by atoms with Gasteiger partial charge in [0.15, 0.2) is 23.0 Å². The number of rotatable bonds is 12. The number of nitrogens with one attached hydrogen (secondary N) is 1. The highest BCUT2D eigenvalue weighted by Crippen LogP contribution is 2.43. The number of methoxy groups -OCH3 is 1. The third-order valence-corrected chi connectivity index (χ3v) is 8.02. The Labute approximate surface area is 275 Å². The summed E-state index contributed by atoms with van der Waals surface area (Å²) in [6.45, 7) is 12.1. The predicted molar refractivity (Wildman–Crippen MR) is 179 cm³/mol. The molecule has 46 heavy (non-hydrogen) atoms. The van der Waals surface area contributed by atoms with Crippen molar-refractivity contribution in [3.63, 3.8) is 0 Å². The number of ether oxygens (including phenoxy) is 4. The van der Waals surface area contributed by atoms with E-state index in [0.29, 0.717) is 72.3 Å². The molecule has 11 nitrogen and oxygen atoms in total. The lowest BCUT2D eigenvalue weighted by Gasteiger charge is -2.35. The summed E-state index contributed by atoms with van der Waals surface area (Å²) in [5.74, 6) is 2.05. The van der Waals surface area contributed by atoms with Crippen LogP contribution in [-0.2, 0) is 11.3 Å². The van der Waals surface area contributed by atoms with E-state index in [4.69, 9.17) is 35.5 Å². The number of carbonyl (C=O) groups excluding carboxylic acids is 1. The molecule has 1 N–H and O–H groups in total. The van der Waals surface area contributed by atoms with Gasteiger partial charge in [0.05, 0.1) is 12.1 Å². The van der Waals surface area contributed by atoms with E-state index in [1.807, 2.05) is 51.1 Å². The van der Waals surface area contributed by atoms with Crippen LogP contribution >= 0.6 is 11.6 Å². The highest BCUT2D eigenvalue weighted by molar-refractivity contribution is 6.33.